The maximum absolute atomic E-state index is 3.60. The van der Waals surface area contributed by atoms with Crippen LogP contribution in [0.25, 0.3) is 0 Å². The molecule has 0 radical (unpaired) electrons. The topological polar surface area (TPSA) is 12.0 Å². The molecule has 0 unspecified atom stereocenters. The molecule has 3 heteroatoms. The highest BCUT2D eigenvalue weighted by molar-refractivity contribution is 9.11. The van der Waals surface area contributed by atoms with Crippen molar-refractivity contribution < 1.29 is 0 Å². The summed E-state index contributed by atoms with van der Waals surface area (Å²) in [5.41, 5.74) is 0.569. The number of halogens is 1. The lowest BCUT2D eigenvalue weighted by Crippen LogP contribution is -2.41. The molecule has 1 aliphatic carbocycles. The summed E-state index contributed by atoms with van der Waals surface area (Å²) < 4.78 is 1.26. The van der Waals surface area contributed by atoms with Crippen molar-refractivity contribution in [2.24, 2.45) is 5.41 Å². The van der Waals surface area contributed by atoms with E-state index in [9.17, 15) is 0 Å². The SMILES string of the molecule is CCCNCC1(Cc2ccc(Br)s2)CCC1. The van der Waals surface area contributed by atoms with Crippen molar-refractivity contribution >= 4 is 27.3 Å². The zero-order valence-corrected chi connectivity index (χ0v) is 12.3. The second kappa shape index (κ2) is 5.65. The fourth-order valence-electron chi connectivity index (χ4n) is 2.44. The Morgan fingerprint density at radius 2 is 2.25 bits per heavy atom. The maximum Gasteiger partial charge on any atom is 0.0701 e. The molecular formula is C13H20BrNS. The van der Waals surface area contributed by atoms with Gasteiger partial charge in [0.15, 0.2) is 0 Å². The minimum atomic E-state index is 0.569. The van der Waals surface area contributed by atoms with Crippen LogP contribution in [-0.4, -0.2) is 13.1 Å². The van der Waals surface area contributed by atoms with Gasteiger partial charge in [-0.1, -0.05) is 13.3 Å². The second-order valence-corrected chi connectivity index (χ2v) is 7.46. The Bertz CT molecular complexity index is 330. The number of rotatable bonds is 6. The first-order valence-corrected chi connectivity index (χ1v) is 7.80. The standard InChI is InChI=1S/C13H20BrNS/c1-2-8-15-10-13(6-3-7-13)9-11-4-5-12(14)16-11/h4-5,15H,2-3,6-10H2,1H3. The van der Waals surface area contributed by atoms with Crippen LogP contribution in [0.15, 0.2) is 15.9 Å². The highest BCUT2D eigenvalue weighted by Crippen LogP contribution is 2.44. The molecule has 0 aliphatic heterocycles. The summed E-state index contributed by atoms with van der Waals surface area (Å²) in [5, 5.41) is 3.60. The van der Waals surface area contributed by atoms with Crippen molar-refractivity contribution in [1.82, 2.24) is 5.32 Å². The van der Waals surface area contributed by atoms with Crippen LogP contribution in [-0.2, 0) is 6.42 Å². The van der Waals surface area contributed by atoms with Crippen molar-refractivity contribution in [3.05, 3.63) is 20.8 Å². The molecule has 0 amide bonds. The normalized spacial score (nSPS) is 18.4. The molecule has 0 saturated heterocycles. The fraction of sp³-hybridized carbons (Fsp3) is 0.692. The number of thiophene rings is 1. The third-order valence-electron chi connectivity index (χ3n) is 3.52. The molecule has 1 heterocycles. The first-order chi connectivity index (χ1) is 7.74. The lowest BCUT2D eigenvalue weighted by molar-refractivity contribution is 0.131. The van der Waals surface area contributed by atoms with Crippen LogP contribution < -0.4 is 5.32 Å². The number of nitrogens with one attached hydrogen (secondary N) is 1. The Kier molecular flexibility index (Phi) is 4.45. The van der Waals surface area contributed by atoms with Gasteiger partial charge in [0.2, 0.25) is 0 Å². The van der Waals surface area contributed by atoms with Gasteiger partial charge in [-0.2, -0.15) is 0 Å². The Hall–Kier alpha value is 0.140. The van der Waals surface area contributed by atoms with E-state index >= 15 is 0 Å². The first kappa shape index (κ1) is 12.6. The fourth-order valence-corrected chi connectivity index (χ4v) is 4.10. The molecule has 90 valence electrons. The highest BCUT2D eigenvalue weighted by atomic mass is 79.9. The van der Waals surface area contributed by atoms with Crippen LogP contribution in [0, 0.1) is 5.41 Å². The van der Waals surface area contributed by atoms with E-state index in [2.05, 4.69) is 40.3 Å². The van der Waals surface area contributed by atoms with E-state index in [0.29, 0.717) is 5.41 Å². The van der Waals surface area contributed by atoms with Crippen LogP contribution >= 0.6 is 27.3 Å². The van der Waals surface area contributed by atoms with Gasteiger partial charge in [-0.05, 0) is 65.7 Å². The van der Waals surface area contributed by atoms with Crippen LogP contribution in [0.4, 0.5) is 0 Å². The van der Waals surface area contributed by atoms with Gasteiger partial charge in [0.1, 0.15) is 0 Å². The van der Waals surface area contributed by atoms with E-state index in [1.165, 1.54) is 47.3 Å². The Labute approximate surface area is 111 Å². The van der Waals surface area contributed by atoms with Crippen molar-refractivity contribution in [3.8, 4) is 0 Å². The lowest BCUT2D eigenvalue weighted by Gasteiger charge is -2.42. The Morgan fingerprint density at radius 1 is 1.44 bits per heavy atom. The molecule has 16 heavy (non-hydrogen) atoms. The summed E-state index contributed by atoms with van der Waals surface area (Å²) in [5.74, 6) is 0. The van der Waals surface area contributed by atoms with Crippen LogP contribution in [0.3, 0.4) is 0 Å². The van der Waals surface area contributed by atoms with E-state index in [1.807, 2.05) is 11.3 Å². The molecular weight excluding hydrogens is 282 g/mol. The highest BCUT2D eigenvalue weighted by Gasteiger charge is 2.36. The van der Waals surface area contributed by atoms with Crippen molar-refractivity contribution in [1.29, 1.82) is 0 Å². The smallest absolute Gasteiger partial charge is 0.0701 e. The molecule has 2 rings (SSSR count). The monoisotopic (exact) mass is 301 g/mol. The van der Waals surface area contributed by atoms with Crippen molar-refractivity contribution in [2.75, 3.05) is 13.1 Å². The van der Waals surface area contributed by atoms with Crippen LogP contribution in [0.5, 0.6) is 0 Å². The zero-order valence-electron chi connectivity index (χ0n) is 9.89. The Morgan fingerprint density at radius 3 is 2.75 bits per heavy atom. The summed E-state index contributed by atoms with van der Waals surface area (Å²) in [6.45, 7) is 4.60. The van der Waals surface area contributed by atoms with Gasteiger partial charge in [-0.25, -0.2) is 0 Å². The average molecular weight is 302 g/mol. The lowest BCUT2D eigenvalue weighted by atomic mass is 9.66. The summed E-state index contributed by atoms with van der Waals surface area (Å²) in [7, 11) is 0. The molecule has 1 aliphatic rings. The molecule has 0 atom stereocenters. The molecule has 1 aromatic rings. The maximum atomic E-state index is 3.60. The predicted octanol–water partition coefficient (Wildman–Crippen LogP) is 4.22. The number of hydrogen-bond acceptors (Lipinski definition) is 2. The van der Waals surface area contributed by atoms with Crippen molar-refractivity contribution in [3.63, 3.8) is 0 Å². The minimum Gasteiger partial charge on any atom is -0.316 e. The van der Waals surface area contributed by atoms with E-state index < -0.39 is 0 Å². The van der Waals surface area contributed by atoms with Gasteiger partial charge in [0, 0.05) is 11.4 Å². The molecule has 1 aromatic heterocycles. The summed E-state index contributed by atoms with van der Waals surface area (Å²) in [4.78, 5) is 1.53. The average Bonchev–Trinajstić information content (AvgIpc) is 2.60. The molecule has 0 spiro atoms. The molecule has 1 fully saturated rings. The largest absolute Gasteiger partial charge is 0.316 e. The molecule has 1 nitrogen and oxygen atoms in total. The quantitative estimate of drug-likeness (QED) is 0.776. The predicted molar refractivity (Wildman–Crippen MR) is 75.2 cm³/mol. The second-order valence-electron chi connectivity index (χ2n) is 4.91. The van der Waals surface area contributed by atoms with Gasteiger partial charge >= 0.3 is 0 Å². The Balaban J connectivity index is 1.89. The minimum absolute atomic E-state index is 0.569. The van der Waals surface area contributed by atoms with Crippen LogP contribution in [0.2, 0.25) is 0 Å². The van der Waals surface area contributed by atoms with E-state index in [4.69, 9.17) is 0 Å². The van der Waals surface area contributed by atoms with E-state index in [1.54, 1.807) is 0 Å². The van der Waals surface area contributed by atoms with E-state index in [-0.39, 0.29) is 0 Å². The van der Waals surface area contributed by atoms with Crippen LogP contribution in [0.1, 0.15) is 37.5 Å². The van der Waals surface area contributed by atoms with Gasteiger partial charge in [-0.3, -0.25) is 0 Å². The molecule has 0 bridgehead atoms. The van der Waals surface area contributed by atoms with Gasteiger partial charge < -0.3 is 5.32 Å². The van der Waals surface area contributed by atoms with E-state index in [0.717, 1.165) is 6.54 Å². The molecule has 0 aromatic carbocycles. The molecule has 1 saturated carbocycles. The van der Waals surface area contributed by atoms with Gasteiger partial charge in [-0.15, -0.1) is 11.3 Å². The molecule has 1 N–H and O–H groups in total. The summed E-state index contributed by atoms with van der Waals surface area (Å²) >= 11 is 5.44. The zero-order chi connectivity index (χ0) is 11.4. The van der Waals surface area contributed by atoms with Crippen molar-refractivity contribution in [2.45, 2.75) is 39.0 Å². The van der Waals surface area contributed by atoms with Gasteiger partial charge in [0.25, 0.3) is 0 Å². The third kappa shape index (κ3) is 3.08. The first-order valence-electron chi connectivity index (χ1n) is 6.19. The summed E-state index contributed by atoms with van der Waals surface area (Å²) in [6.07, 6.45) is 6.72. The summed E-state index contributed by atoms with van der Waals surface area (Å²) in [6, 6.07) is 4.44. The number of hydrogen-bond donors (Lipinski definition) is 1. The third-order valence-corrected chi connectivity index (χ3v) is 5.14. The van der Waals surface area contributed by atoms with Gasteiger partial charge in [0.05, 0.1) is 3.79 Å².